The van der Waals surface area contributed by atoms with Gasteiger partial charge in [0.15, 0.2) is 0 Å². The quantitative estimate of drug-likeness (QED) is 0.367. The summed E-state index contributed by atoms with van der Waals surface area (Å²) in [5, 5.41) is 0. The molecule has 0 aliphatic carbocycles. The minimum Gasteiger partial charge on any atom is -0.299 e. The minimum absolute atomic E-state index is 0.0965. The highest BCUT2D eigenvalue weighted by atomic mass is 32.2. The molecule has 0 spiro atoms. The van der Waals surface area contributed by atoms with Gasteiger partial charge in [-0.25, -0.2) is 0 Å². The van der Waals surface area contributed by atoms with Crippen molar-refractivity contribution in [2.24, 2.45) is 0 Å². The number of ketones is 1. The summed E-state index contributed by atoms with van der Waals surface area (Å²) in [5.41, 5.74) is 0.819. The molecular weight excluding hydrogens is 336 g/mol. The first-order chi connectivity index (χ1) is 11.9. The molecule has 1 aromatic rings. The Hall–Kier alpha value is -1.20. The zero-order valence-electron chi connectivity index (χ0n) is 15.5. The highest BCUT2D eigenvalue weighted by Gasteiger charge is 2.17. The molecule has 0 saturated heterocycles. The van der Waals surface area contributed by atoms with Crippen molar-refractivity contribution in [2.75, 3.05) is 0 Å². The van der Waals surface area contributed by atoms with Gasteiger partial charge < -0.3 is 0 Å². The van der Waals surface area contributed by atoms with Crippen LogP contribution in [0.25, 0.3) is 0 Å². The van der Waals surface area contributed by atoms with Crippen molar-refractivity contribution >= 4 is 15.9 Å². The second kappa shape index (κ2) is 11.4. The Balaban J connectivity index is 2.39. The molecule has 25 heavy (non-hydrogen) atoms. The zero-order valence-corrected chi connectivity index (χ0v) is 16.4. The van der Waals surface area contributed by atoms with Gasteiger partial charge in [-0.2, -0.15) is 8.42 Å². The van der Waals surface area contributed by atoms with Crippen LogP contribution in [0.5, 0.6) is 0 Å². The van der Waals surface area contributed by atoms with E-state index in [9.17, 15) is 13.2 Å². The van der Waals surface area contributed by atoms with E-state index in [1.165, 1.54) is 57.1 Å². The third-order valence-electron chi connectivity index (χ3n) is 4.67. The van der Waals surface area contributed by atoms with Crippen LogP contribution in [-0.2, 0) is 14.9 Å². The van der Waals surface area contributed by atoms with Crippen LogP contribution in [0.4, 0.5) is 0 Å². The fourth-order valence-corrected chi connectivity index (χ4v) is 3.62. The lowest BCUT2D eigenvalue weighted by molar-refractivity contribution is -0.118. The van der Waals surface area contributed by atoms with Crippen LogP contribution in [0, 0.1) is 0 Å². The number of carbonyl (C=O) groups excluding carboxylic acids is 1. The summed E-state index contributed by atoms with van der Waals surface area (Å²) >= 11 is 0. The van der Waals surface area contributed by atoms with E-state index in [1.807, 2.05) is 0 Å². The second-order valence-corrected chi connectivity index (χ2v) is 8.25. The van der Waals surface area contributed by atoms with Crippen molar-refractivity contribution in [3.8, 4) is 0 Å². The maximum Gasteiger partial charge on any atom is 0.294 e. The van der Waals surface area contributed by atoms with Gasteiger partial charge in [-0.1, -0.05) is 76.8 Å². The first-order valence-corrected chi connectivity index (χ1v) is 10.9. The van der Waals surface area contributed by atoms with E-state index in [2.05, 4.69) is 6.92 Å². The molecule has 0 fully saturated rings. The largest absolute Gasteiger partial charge is 0.299 e. The van der Waals surface area contributed by atoms with Gasteiger partial charge in [-0.15, -0.1) is 0 Å². The van der Waals surface area contributed by atoms with Gasteiger partial charge in [-0.3, -0.25) is 9.35 Å². The van der Waals surface area contributed by atoms with Crippen LogP contribution >= 0.6 is 0 Å². The lowest BCUT2D eigenvalue weighted by Gasteiger charge is -2.14. The van der Waals surface area contributed by atoms with Crippen LogP contribution in [0.2, 0.25) is 0 Å². The van der Waals surface area contributed by atoms with Crippen LogP contribution in [0.15, 0.2) is 29.2 Å². The van der Waals surface area contributed by atoms with Crippen molar-refractivity contribution in [1.82, 2.24) is 0 Å². The molecule has 4 nitrogen and oxygen atoms in total. The number of Topliss-reactive ketones (excluding diaryl/α,β-unsaturated/α-hetero) is 1. The molecule has 1 aromatic carbocycles. The van der Waals surface area contributed by atoms with Crippen molar-refractivity contribution in [2.45, 2.75) is 88.9 Å². The minimum atomic E-state index is -4.19. The third-order valence-corrected chi connectivity index (χ3v) is 5.54. The fourth-order valence-electron chi connectivity index (χ4n) is 3.14. The Morgan fingerprint density at radius 1 is 0.920 bits per heavy atom. The Bertz CT molecular complexity index is 605. The summed E-state index contributed by atoms with van der Waals surface area (Å²) in [4.78, 5) is 11.8. The molecule has 0 heterocycles. The highest BCUT2D eigenvalue weighted by molar-refractivity contribution is 7.85. The van der Waals surface area contributed by atoms with E-state index in [0.29, 0.717) is 0 Å². The highest BCUT2D eigenvalue weighted by Crippen LogP contribution is 2.25. The number of hydrogen-bond acceptors (Lipinski definition) is 3. The fraction of sp³-hybridized carbons (Fsp3) is 0.650. The molecule has 5 heteroatoms. The van der Waals surface area contributed by atoms with Gasteiger partial charge >= 0.3 is 0 Å². The average Bonchev–Trinajstić information content (AvgIpc) is 2.56. The van der Waals surface area contributed by atoms with Crippen LogP contribution in [-0.4, -0.2) is 18.8 Å². The van der Waals surface area contributed by atoms with Crippen molar-refractivity contribution in [3.05, 3.63) is 29.8 Å². The second-order valence-electron chi connectivity index (χ2n) is 6.82. The Labute approximate surface area is 152 Å². The predicted octanol–water partition coefficient (Wildman–Crippen LogP) is 5.53. The van der Waals surface area contributed by atoms with E-state index in [0.717, 1.165) is 24.8 Å². The lowest BCUT2D eigenvalue weighted by Crippen LogP contribution is -2.09. The number of benzene rings is 1. The number of carbonyl (C=O) groups is 1. The maximum atomic E-state index is 11.9. The smallest absolute Gasteiger partial charge is 0.294 e. The molecule has 1 N–H and O–H groups in total. The number of hydrogen-bond donors (Lipinski definition) is 1. The summed E-state index contributed by atoms with van der Waals surface area (Å²) in [6.45, 7) is 3.80. The van der Waals surface area contributed by atoms with E-state index in [4.69, 9.17) is 4.55 Å². The molecule has 0 saturated carbocycles. The molecular formula is C20H32O4S. The van der Waals surface area contributed by atoms with Crippen molar-refractivity contribution in [1.29, 1.82) is 0 Å². The van der Waals surface area contributed by atoms with Gasteiger partial charge in [-0.05, 0) is 31.0 Å². The van der Waals surface area contributed by atoms with E-state index >= 15 is 0 Å². The van der Waals surface area contributed by atoms with Gasteiger partial charge in [0.25, 0.3) is 10.1 Å². The Kier molecular flexibility index (Phi) is 9.98. The first kappa shape index (κ1) is 21.8. The summed E-state index contributed by atoms with van der Waals surface area (Å²) in [5.74, 6) is -0.0980. The Morgan fingerprint density at radius 3 is 1.84 bits per heavy atom. The molecule has 0 aromatic heterocycles. The molecule has 0 amide bonds. The SMILES string of the molecule is CCCCCCCCCCCC(C(C)=O)c1ccc(S(=O)(=O)O)cc1. The van der Waals surface area contributed by atoms with Crippen LogP contribution in [0.3, 0.4) is 0 Å². The summed E-state index contributed by atoms with van der Waals surface area (Å²) in [6, 6.07) is 5.97. The first-order valence-electron chi connectivity index (χ1n) is 9.44. The monoisotopic (exact) mass is 368 g/mol. The van der Waals surface area contributed by atoms with Gasteiger partial charge in [0.05, 0.1) is 4.90 Å². The van der Waals surface area contributed by atoms with Gasteiger partial charge in [0.2, 0.25) is 0 Å². The lowest BCUT2D eigenvalue weighted by atomic mass is 9.90. The van der Waals surface area contributed by atoms with Crippen molar-refractivity contribution < 1.29 is 17.8 Å². The summed E-state index contributed by atoms with van der Waals surface area (Å²) in [6.07, 6.45) is 11.9. The molecule has 1 atom stereocenters. The number of unbranched alkanes of at least 4 members (excludes halogenated alkanes) is 8. The van der Waals surface area contributed by atoms with Crippen molar-refractivity contribution in [3.63, 3.8) is 0 Å². The summed E-state index contributed by atoms with van der Waals surface area (Å²) in [7, 11) is -4.19. The Morgan fingerprint density at radius 2 is 1.40 bits per heavy atom. The average molecular weight is 369 g/mol. The van der Waals surface area contributed by atoms with Gasteiger partial charge in [0.1, 0.15) is 5.78 Å². The molecule has 0 radical (unpaired) electrons. The molecule has 0 aliphatic rings. The molecule has 1 rings (SSSR count). The van der Waals surface area contributed by atoms with E-state index in [-0.39, 0.29) is 16.6 Å². The topological polar surface area (TPSA) is 71.4 Å². The maximum absolute atomic E-state index is 11.9. The third kappa shape index (κ3) is 8.63. The van der Waals surface area contributed by atoms with Crippen LogP contribution in [0.1, 0.15) is 89.5 Å². The predicted molar refractivity (Wildman–Crippen MR) is 102 cm³/mol. The van der Waals surface area contributed by atoms with E-state index < -0.39 is 10.1 Å². The standard InChI is InChI=1S/C20H32O4S/c1-3-4-5-6-7-8-9-10-11-12-20(17(2)21)18-13-15-19(16-14-18)25(22,23)24/h13-16,20H,3-12H2,1-2H3,(H,22,23,24). The molecule has 1 unspecified atom stereocenters. The van der Waals surface area contributed by atoms with E-state index in [1.54, 1.807) is 19.1 Å². The number of rotatable bonds is 13. The van der Waals surface area contributed by atoms with Gasteiger partial charge in [0, 0.05) is 5.92 Å². The molecule has 142 valence electrons. The normalized spacial score (nSPS) is 12.9. The molecule has 0 bridgehead atoms. The molecule has 0 aliphatic heterocycles. The zero-order chi connectivity index (χ0) is 18.7. The van der Waals surface area contributed by atoms with Crippen LogP contribution < -0.4 is 0 Å². The summed E-state index contributed by atoms with van der Waals surface area (Å²) < 4.78 is 31.2.